The number of carboxylic acids is 2. The van der Waals surface area contributed by atoms with Gasteiger partial charge >= 0.3 is 11.9 Å². The zero-order chi connectivity index (χ0) is 16.8. The van der Waals surface area contributed by atoms with Crippen LogP contribution >= 0.6 is 0 Å². The van der Waals surface area contributed by atoms with E-state index in [4.69, 9.17) is 0 Å². The minimum Gasteiger partial charge on any atom is -0.481 e. The highest BCUT2D eigenvalue weighted by Gasteiger charge is 2.34. The Morgan fingerprint density at radius 1 is 1.17 bits per heavy atom. The van der Waals surface area contributed by atoms with Gasteiger partial charge in [-0.15, -0.1) is 0 Å². The first kappa shape index (κ1) is 17.5. The van der Waals surface area contributed by atoms with E-state index in [0.29, 0.717) is 5.56 Å². The van der Waals surface area contributed by atoms with Crippen molar-refractivity contribution in [1.82, 2.24) is 0 Å². The van der Waals surface area contributed by atoms with Gasteiger partial charge < -0.3 is 10.2 Å². The summed E-state index contributed by atoms with van der Waals surface area (Å²) in [5, 5.41) is 18.7. The number of aliphatic carboxylic acids is 1. The number of rotatable bonds is 7. The summed E-state index contributed by atoms with van der Waals surface area (Å²) >= 11 is 0. The Balaban J connectivity index is 2.36. The molecule has 2 rings (SSSR count). The van der Waals surface area contributed by atoms with Crippen molar-refractivity contribution in [3.05, 3.63) is 35.4 Å². The average molecular weight is 318 g/mol. The minimum atomic E-state index is -0.896. The van der Waals surface area contributed by atoms with Gasteiger partial charge in [-0.3, -0.25) is 4.79 Å². The molecule has 3 unspecified atom stereocenters. The Kier molecular flexibility index (Phi) is 6.20. The van der Waals surface area contributed by atoms with Crippen molar-refractivity contribution in [3.63, 3.8) is 0 Å². The van der Waals surface area contributed by atoms with Gasteiger partial charge in [-0.2, -0.15) is 0 Å². The first-order valence-corrected chi connectivity index (χ1v) is 8.58. The van der Waals surface area contributed by atoms with Gasteiger partial charge in [-0.25, -0.2) is 4.79 Å². The van der Waals surface area contributed by atoms with Gasteiger partial charge in [0.1, 0.15) is 0 Å². The van der Waals surface area contributed by atoms with Crippen molar-refractivity contribution < 1.29 is 19.8 Å². The van der Waals surface area contributed by atoms with Gasteiger partial charge in [0.2, 0.25) is 0 Å². The SMILES string of the molecule is CCCC(c1ccccc1C(=O)O)C1CCCCC1CC(=O)O. The minimum absolute atomic E-state index is 0.136. The molecule has 0 heterocycles. The van der Waals surface area contributed by atoms with Crippen LogP contribution in [0, 0.1) is 11.8 Å². The fourth-order valence-corrected chi connectivity index (χ4v) is 4.17. The smallest absolute Gasteiger partial charge is 0.335 e. The molecule has 1 fully saturated rings. The molecule has 1 aliphatic carbocycles. The second kappa shape index (κ2) is 8.14. The van der Waals surface area contributed by atoms with Crippen LogP contribution in [0.25, 0.3) is 0 Å². The molecule has 2 N–H and O–H groups in total. The number of carboxylic acid groups (broad SMARTS) is 2. The highest BCUT2D eigenvalue weighted by Crippen LogP contribution is 2.44. The molecule has 1 saturated carbocycles. The molecule has 1 aromatic carbocycles. The first-order chi connectivity index (χ1) is 11.0. The van der Waals surface area contributed by atoms with Crippen LogP contribution in [0.2, 0.25) is 0 Å². The van der Waals surface area contributed by atoms with Gasteiger partial charge in [0.25, 0.3) is 0 Å². The van der Waals surface area contributed by atoms with Gasteiger partial charge in [0, 0.05) is 6.42 Å². The molecule has 0 spiro atoms. The zero-order valence-electron chi connectivity index (χ0n) is 13.7. The average Bonchev–Trinajstić information content (AvgIpc) is 2.53. The van der Waals surface area contributed by atoms with Crippen LogP contribution in [0.5, 0.6) is 0 Å². The van der Waals surface area contributed by atoms with Gasteiger partial charge in [0.15, 0.2) is 0 Å². The van der Waals surface area contributed by atoms with Crippen LogP contribution < -0.4 is 0 Å². The molecule has 0 radical (unpaired) electrons. The number of carbonyl (C=O) groups is 2. The van der Waals surface area contributed by atoms with Crippen molar-refractivity contribution in [2.24, 2.45) is 11.8 Å². The van der Waals surface area contributed by atoms with Crippen molar-refractivity contribution in [1.29, 1.82) is 0 Å². The molecular weight excluding hydrogens is 292 g/mol. The Hall–Kier alpha value is -1.84. The zero-order valence-corrected chi connectivity index (χ0v) is 13.7. The van der Waals surface area contributed by atoms with Crippen LogP contribution in [-0.2, 0) is 4.79 Å². The van der Waals surface area contributed by atoms with Crippen molar-refractivity contribution >= 4 is 11.9 Å². The van der Waals surface area contributed by atoms with E-state index in [1.165, 1.54) is 0 Å². The Bertz CT molecular complexity index is 552. The van der Waals surface area contributed by atoms with E-state index in [9.17, 15) is 19.8 Å². The van der Waals surface area contributed by atoms with Crippen molar-refractivity contribution in [2.75, 3.05) is 0 Å². The van der Waals surface area contributed by atoms with Crippen LogP contribution in [0.4, 0.5) is 0 Å². The fraction of sp³-hybridized carbons (Fsp3) is 0.579. The first-order valence-electron chi connectivity index (χ1n) is 8.58. The third-order valence-electron chi connectivity index (χ3n) is 5.11. The molecular formula is C19H26O4. The van der Waals surface area contributed by atoms with Crippen LogP contribution in [0.1, 0.15) is 73.7 Å². The highest BCUT2D eigenvalue weighted by atomic mass is 16.4. The third kappa shape index (κ3) is 4.34. The second-order valence-electron chi connectivity index (χ2n) is 6.59. The standard InChI is InChI=1S/C19H26O4/c1-2-7-15(16-10-5-6-11-17(16)19(22)23)14-9-4-3-8-13(14)12-18(20)21/h5-6,10-11,13-15H,2-4,7-9,12H2,1H3,(H,20,21)(H,22,23). The Morgan fingerprint density at radius 3 is 2.52 bits per heavy atom. The van der Waals surface area contributed by atoms with E-state index in [-0.39, 0.29) is 24.2 Å². The van der Waals surface area contributed by atoms with E-state index in [0.717, 1.165) is 44.1 Å². The molecule has 0 aromatic heterocycles. The quantitative estimate of drug-likeness (QED) is 0.773. The predicted molar refractivity (Wildman–Crippen MR) is 88.8 cm³/mol. The molecule has 126 valence electrons. The van der Waals surface area contributed by atoms with E-state index in [1.807, 2.05) is 12.1 Å². The normalized spacial score (nSPS) is 22.5. The molecule has 4 nitrogen and oxygen atoms in total. The monoisotopic (exact) mass is 318 g/mol. The summed E-state index contributed by atoms with van der Waals surface area (Å²) in [7, 11) is 0. The van der Waals surface area contributed by atoms with Crippen molar-refractivity contribution in [3.8, 4) is 0 Å². The maximum absolute atomic E-state index is 11.6. The predicted octanol–water partition coefficient (Wildman–Crippen LogP) is 4.55. The molecule has 0 bridgehead atoms. The van der Waals surface area contributed by atoms with Crippen molar-refractivity contribution in [2.45, 2.75) is 57.8 Å². The highest BCUT2D eigenvalue weighted by molar-refractivity contribution is 5.89. The van der Waals surface area contributed by atoms with Gasteiger partial charge in [-0.05, 0) is 48.6 Å². The summed E-state index contributed by atoms with van der Waals surface area (Å²) in [6.45, 7) is 2.10. The van der Waals surface area contributed by atoms with E-state index in [2.05, 4.69) is 6.92 Å². The Morgan fingerprint density at radius 2 is 1.87 bits per heavy atom. The number of hydrogen-bond acceptors (Lipinski definition) is 2. The Labute approximate surface area is 137 Å². The molecule has 4 heteroatoms. The van der Waals surface area contributed by atoms with Crippen LogP contribution in [0.15, 0.2) is 24.3 Å². The second-order valence-corrected chi connectivity index (χ2v) is 6.59. The molecule has 23 heavy (non-hydrogen) atoms. The fourth-order valence-electron chi connectivity index (χ4n) is 4.17. The summed E-state index contributed by atoms with van der Waals surface area (Å²) in [5.41, 5.74) is 1.25. The summed E-state index contributed by atoms with van der Waals surface area (Å²) in [4.78, 5) is 22.8. The molecule has 1 aliphatic rings. The van der Waals surface area contributed by atoms with E-state index < -0.39 is 11.9 Å². The molecule has 0 amide bonds. The molecule has 3 atom stereocenters. The summed E-state index contributed by atoms with van der Waals surface area (Å²) in [6.07, 6.45) is 6.19. The lowest BCUT2D eigenvalue weighted by atomic mass is 9.67. The number of aromatic carboxylic acids is 1. The third-order valence-corrected chi connectivity index (χ3v) is 5.11. The van der Waals surface area contributed by atoms with E-state index in [1.54, 1.807) is 12.1 Å². The van der Waals surface area contributed by atoms with Gasteiger partial charge in [0.05, 0.1) is 5.56 Å². The number of benzene rings is 1. The molecule has 0 saturated heterocycles. The van der Waals surface area contributed by atoms with Gasteiger partial charge in [-0.1, -0.05) is 44.4 Å². The molecule has 0 aliphatic heterocycles. The molecule has 1 aromatic rings. The topological polar surface area (TPSA) is 74.6 Å². The number of hydrogen-bond donors (Lipinski definition) is 2. The van der Waals surface area contributed by atoms with Crippen LogP contribution in [0.3, 0.4) is 0 Å². The summed E-state index contributed by atoms with van der Waals surface area (Å²) in [5.74, 6) is -1.09. The van der Waals surface area contributed by atoms with E-state index >= 15 is 0 Å². The lowest BCUT2D eigenvalue weighted by Gasteiger charge is -2.37. The summed E-state index contributed by atoms with van der Waals surface area (Å²) < 4.78 is 0. The van der Waals surface area contributed by atoms with Crippen LogP contribution in [-0.4, -0.2) is 22.2 Å². The maximum Gasteiger partial charge on any atom is 0.335 e. The largest absolute Gasteiger partial charge is 0.481 e. The lowest BCUT2D eigenvalue weighted by molar-refractivity contribution is -0.139. The lowest BCUT2D eigenvalue weighted by Crippen LogP contribution is -2.28. The summed E-state index contributed by atoms with van der Waals surface area (Å²) in [6, 6.07) is 7.22. The maximum atomic E-state index is 11.6.